The summed E-state index contributed by atoms with van der Waals surface area (Å²) in [5.74, 6) is 1.94. The van der Waals surface area contributed by atoms with Gasteiger partial charge in [0.25, 0.3) is 0 Å². The minimum atomic E-state index is -4.15. The van der Waals surface area contributed by atoms with E-state index in [-0.39, 0.29) is 0 Å². The van der Waals surface area contributed by atoms with Gasteiger partial charge in [0.2, 0.25) is 0 Å². The van der Waals surface area contributed by atoms with Crippen molar-refractivity contribution in [1.29, 1.82) is 0 Å². The van der Waals surface area contributed by atoms with Crippen molar-refractivity contribution in [2.24, 2.45) is 0 Å². The van der Waals surface area contributed by atoms with Gasteiger partial charge in [-0.2, -0.15) is 0 Å². The summed E-state index contributed by atoms with van der Waals surface area (Å²) in [7, 11) is 0. The average molecular weight is 343 g/mol. The van der Waals surface area contributed by atoms with Gasteiger partial charge >= 0.3 is 140 Å². The molecule has 0 bridgehead atoms. The Hall–Kier alpha value is -1.95. The Kier molecular flexibility index (Phi) is 4.10. The van der Waals surface area contributed by atoms with Crippen LogP contribution in [0.5, 0.6) is 0 Å². The molecule has 1 aliphatic rings. The van der Waals surface area contributed by atoms with Gasteiger partial charge in [-0.05, 0) is 0 Å². The summed E-state index contributed by atoms with van der Waals surface area (Å²) in [6, 6.07) is 18.3. The van der Waals surface area contributed by atoms with Crippen molar-refractivity contribution in [3.63, 3.8) is 0 Å². The summed E-state index contributed by atoms with van der Waals surface area (Å²) in [6.07, 6.45) is 2.84. The molecule has 0 heterocycles. The van der Waals surface area contributed by atoms with Crippen LogP contribution in [-0.2, 0) is 4.79 Å². The molecule has 1 unspecified atom stereocenters. The summed E-state index contributed by atoms with van der Waals surface area (Å²) < 4.78 is 0. The molecule has 0 saturated carbocycles. The van der Waals surface area contributed by atoms with Crippen molar-refractivity contribution in [3.05, 3.63) is 90.5 Å². The number of allylic oxidation sites excluding steroid dienone is 5. The van der Waals surface area contributed by atoms with Gasteiger partial charge in [-0.15, -0.1) is 0 Å². The SMILES string of the molecule is O=C=C1C=CC=CC1P(O)(Cl)(c1ccccc1)c1ccccc1. The molecule has 2 nitrogen and oxygen atoms in total. The molecule has 2 aromatic carbocycles. The number of hydrogen-bond donors (Lipinski definition) is 1. The summed E-state index contributed by atoms with van der Waals surface area (Å²) in [4.78, 5) is 23.4. The van der Waals surface area contributed by atoms with E-state index < -0.39 is 11.8 Å². The van der Waals surface area contributed by atoms with Gasteiger partial charge in [0.05, 0.1) is 0 Å². The molecule has 0 aromatic heterocycles. The summed E-state index contributed by atoms with van der Waals surface area (Å²) in [5, 5.41) is 1.26. The van der Waals surface area contributed by atoms with E-state index in [9.17, 15) is 9.69 Å². The molecule has 1 aliphatic carbocycles. The van der Waals surface area contributed by atoms with Crippen molar-refractivity contribution in [2.75, 3.05) is 0 Å². The number of hydrogen-bond acceptors (Lipinski definition) is 2. The number of benzene rings is 2. The first-order chi connectivity index (χ1) is 11.1. The van der Waals surface area contributed by atoms with Crippen LogP contribution in [0.3, 0.4) is 0 Å². The van der Waals surface area contributed by atoms with Crippen LogP contribution < -0.4 is 10.6 Å². The normalized spacial score (nSPS) is 19.0. The van der Waals surface area contributed by atoms with Crippen molar-refractivity contribution >= 4 is 34.0 Å². The average Bonchev–Trinajstić information content (AvgIpc) is 2.63. The number of halogens is 1. The van der Waals surface area contributed by atoms with E-state index in [1.165, 1.54) is 0 Å². The molecule has 116 valence electrons. The van der Waals surface area contributed by atoms with Gasteiger partial charge in [-0.1, -0.05) is 0 Å². The fourth-order valence-corrected chi connectivity index (χ4v) is 7.60. The van der Waals surface area contributed by atoms with Crippen LogP contribution in [0.1, 0.15) is 0 Å². The molecule has 4 heteroatoms. The fraction of sp³-hybridized carbons (Fsp3) is 0.0526. The Morgan fingerprint density at radius 2 is 1.43 bits per heavy atom. The van der Waals surface area contributed by atoms with Gasteiger partial charge in [-0.25, -0.2) is 0 Å². The molecule has 2 aromatic rings. The Morgan fingerprint density at radius 1 is 0.913 bits per heavy atom. The van der Waals surface area contributed by atoms with Crippen molar-refractivity contribution in [1.82, 2.24) is 0 Å². The van der Waals surface area contributed by atoms with E-state index in [1.807, 2.05) is 66.6 Å². The second-order valence-corrected chi connectivity index (χ2v) is 11.1. The summed E-state index contributed by atoms with van der Waals surface area (Å²) >= 11 is 7.10. The molecule has 0 radical (unpaired) electrons. The minimum absolute atomic E-state index is 0.357. The quantitative estimate of drug-likeness (QED) is 0.684. The molecular weight excluding hydrogens is 327 g/mol. The Labute approximate surface area is 140 Å². The van der Waals surface area contributed by atoms with E-state index >= 15 is 0 Å². The van der Waals surface area contributed by atoms with Gasteiger partial charge in [0, 0.05) is 0 Å². The van der Waals surface area contributed by atoms with E-state index in [4.69, 9.17) is 11.2 Å². The monoisotopic (exact) mass is 342 g/mol. The van der Waals surface area contributed by atoms with Gasteiger partial charge < -0.3 is 0 Å². The predicted molar refractivity (Wildman–Crippen MR) is 98.4 cm³/mol. The standard InChI is InChI=1S/C19H16ClO2P/c20-23(22,17-10-3-1-4-11-17,18-12-5-2-6-13-18)19-14-8-7-9-16(19)15-21/h1-14,19,22H. The molecular formula is C19H16ClO2P. The van der Waals surface area contributed by atoms with Crippen molar-refractivity contribution in [2.45, 2.75) is 5.66 Å². The van der Waals surface area contributed by atoms with Gasteiger partial charge in [-0.3, -0.25) is 0 Å². The zero-order valence-electron chi connectivity index (χ0n) is 12.3. The van der Waals surface area contributed by atoms with E-state index in [0.717, 1.165) is 0 Å². The van der Waals surface area contributed by atoms with Gasteiger partial charge in [0.15, 0.2) is 0 Å². The number of carbonyl (C=O) groups excluding carboxylic acids is 1. The fourth-order valence-electron chi connectivity index (χ4n) is 2.93. The van der Waals surface area contributed by atoms with Crippen molar-refractivity contribution in [3.8, 4) is 0 Å². The van der Waals surface area contributed by atoms with Crippen LogP contribution in [-0.4, -0.2) is 16.5 Å². The van der Waals surface area contributed by atoms with Crippen molar-refractivity contribution < 1.29 is 9.69 Å². The van der Waals surface area contributed by atoms with Crippen LogP contribution in [0.2, 0.25) is 0 Å². The molecule has 3 rings (SSSR count). The zero-order chi connectivity index (χ0) is 16.4. The number of rotatable bonds is 3. The topological polar surface area (TPSA) is 37.3 Å². The first kappa shape index (κ1) is 15.9. The second-order valence-electron chi connectivity index (χ2n) is 5.45. The van der Waals surface area contributed by atoms with Crippen LogP contribution in [0.15, 0.2) is 90.5 Å². The first-order valence-corrected chi connectivity index (χ1v) is 10.4. The molecule has 0 saturated heterocycles. The molecule has 1 N–H and O–H groups in total. The third-order valence-electron chi connectivity index (χ3n) is 4.12. The molecule has 23 heavy (non-hydrogen) atoms. The molecule has 0 amide bonds. The summed E-state index contributed by atoms with van der Waals surface area (Å²) in [5.41, 5.74) is -0.273. The maximum atomic E-state index is 12.0. The molecule has 1 atom stereocenters. The van der Waals surface area contributed by atoms with E-state index in [0.29, 0.717) is 16.2 Å². The summed E-state index contributed by atoms with van der Waals surface area (Å²) in [6.45, 7) is 0. The zero-order valence-corrected chi connectivity index (χ0v) is 14.0. The molecule has 0 aliphatic heterocycles. The third-order valence-corrected chi connectivity index (χ3v) is 9.95. The van der Waals surface area contributed by atoms with E-state index in [1.54, 1.807) is 24.3 Å². The van der Waals surface area contributed by atoms with Crippen LogP contribution in [0.4, 0.5) is 0 Å². The predicted octanol–water partition coefficient (Wildman–Crippen LogP) is 3.50. The van der Waals surface area contributed by atoms with E-state index in [2.05, 4.69) is 0 Å². The van der Waals surface area contributed by atoms with Crippen LogP contribution in [0.25, 0.3) is 0 Å². The third kappa shape index (κ3) is 2.51. The molecule has 0 fully saturated rings. The van der Waals surface area contributed by atoms with Gasteiger partial charge in [0.1, 0.15) is 0 Å². The molecule has 0 spiro atoms. The Morgan fingerprint density at radius 3 is 1.91 bits per heavy atom. The Bertz CT molecular complexity index is 775. The first-order valence-electron chi connectivity index (χ1n) is 7.26. The van der Waals surface area contributed by atoms with Crippen LogP contribution >= 0.6 is 17.4 Å². The second kappa shape index (κ2) is 5.92. The maximum absolute atomic E-state index is 12.0. The van der Waals surface area contributed by atoms with Crippen LogP contribution in [0, 0.1) is 0 Å². The Balaban J connectivity index is 2.34.